The molecule has 0 aliphatic rings. The van der Waals surface area contributed by atoms with Gasteiger partial charge in [0.2, 0.25) is 5.91 Å². The maximum Gasteiger partial charge on any atom is 0.278 e. The van der Waals surface area contributed by atoms with Crippen molar-refractivity contribution in [3.8, 4) is 0 Å². The lowest BCUT2D eigenvalue weighted by atomic mass is 10.0. The van der Waals surface area contributed by atoms with Gasteiger partial charge in [-0.05, 0) is 28.5 Å². The van der Waals surface area contributed by atoms with Crippen LogP contribution in [-0.4, -0.2) is 68.2 Å². The predicted molar refractivity (Wildman–Crippen MR) is 147 cm³/mol. The maximum atomic E-state index is 13.3. The summed E-state index contributed by atoms with van der Waals surface area (Å²) in [5, 5.41) is 8.14. The topological polar surface area (TPSA) is 141 Å². The number of rotatable bonds is 14. The van der Waals surface area contributed by atoms with Gasteiger partial charge >= 0.3 is 0 Å². The third kappa shape index (κ3) is 13.1. The van der Waals surface area contributed by atoms with Gasteiger partial charge in [0.1, 0.15) is 32.2 Å². The Morgan fingerprint density at radius 2 is 1.37 bits per heavy atom. The Balaban J connectivity index is 0. The van der Waals surface area contributed by atoms with Gasteiger partial charge in [0.05, 0.1) is 13.6 Å². The lowest BCUT2D eigenvalue weighted by molar-refractivity contribution is -0.918. The van der Waals surface area contributed by atoms with Crippen LogP contribution in [0.4, 0.5) is 5.69 Å². The monoisotopic (exact) mass is 648 g/mol. The van der Waals surface area contributed by atoms with E-state index in [9.17, 15) is 9.59 Å². The summed E-state index contributed by atoms with van der Waals surface area (Å²) in [5.41, 5.74) is 13.8. The fourth-order valence-corrected chi connectivity index (χ4v) is 4.79. The summed E-state index contributed by atoms with van der Waals surface area (Å²) in [6, 6.07) is 22.4. The first-order valence-corrected chi connectivity index (χ1v) is 13.2. The fourth-order valence-electron chi connectivity index (χ4n) is 4.79. The zero-order valence-corrected chi connectivity index (χ0v) is 26.7. The average Bonchev–Trinajstić information content (AvgIpc) is 2.89. The van der Waals surface area contributed by atoms with E-state index in [0.717, 1.165) is 60.0 Å². The molecule has 41 heavy (non-hydrogen) atoms. The first-order chi connectivity index (χ1) is 17.8. The van der Waals surface area contributed by atoms with Crippen molar-refractivity contribution in [3.63, 3.8) is 0 Å². The van der Waals surface area contributed by atoms with Crippen LogP contribution in [0.5, 0.6) is 0 Å². The number of nitrogens with one attached hydrogen (secondary N) is 2. The molecule has 0 aromatic heterocycles. The molecular formula is C29H44Cl4N6O2. The minimum atomic E-state index is -0.705. The van der Waals surface area contributed by atoms with Crippen LogP contribution in [0.15, 0.2) is 72.8 Å². The normalized spacial score (nSPS) is 11.9. The Kier molecular flexibility index (Phi) is 20.7. The van der Waals surface area contributed by atoms with Gasteiger partial charge in [-0.25, -0.2) is 0 Å². The van der Waals surface area contributed by atoms with Gasteiger partial charge in [-0.2, -0.15) is 0 Å². The van der Waals surface area contributed by atoms with E-state index in [4.69, 9.17) is 0 Å². The molecule has 0 fully saturated rings. The molecule has 0 spiro atoms. The molecule has 2 atom stereocenters. The van der Waals surface area contributed by atoms with E-state index in [1.54, 1.807) is 0 Å². The van der Waals surface area contributed by atoms with E-state index < -0.39 is 12.1 Å². The van der Waals surface area contributed by atoms with Crippen LogP contribution in [0, 0.1) is 0 Å². The van der Waals surface area contributed by atoms with Crippen molar-refractivity contribution in [2.45, 2.75) is 31.3 Å². The van der Waals surface area contributed by atoms with Gasteiger partial charge in [-0.3, -0.25) is 9.59 Å². The van der Waals surface area contributed by atoms with Crippen molar-refractivity contribution in [1.82, 2.24) is 5.32 Å². The molecule has 0 aliphatic heterocycles. The quantitative estimate of drug-likeness (QED) is 0.111. The number of hydrogen-bond acceptors (Lipinski definition) is 2. The fraction of sp³-hybridized carbons (Fsp3) is 0.379. The first-order valence-electron chi connectivity index (χ1n) is 13.2. The number of likely N-dealkylation sites (N-methyl/N-ethyl adjacent to an activating group) is 1. The number of halogens is 4. The molecule has 2 amide bonds. The van der Waals surface area contributed by atoms with Crippen LogP contribution in [-0.2, 0) is 16.0 Å². The molecule has 0 bridgehead atoms. The zero-order valence-electron chi connectivity index (χ0n) is 23.6. The molecule has 3 aromatic rings. The highest BCUT2D eigenvalue weighted by molar-refractivity contribution is 5.99. The van der Waals surface area contributed by atoms with Gasteiger partial charge in [-0.1, -0.05) is 60.7 Å². The van der Waals surface area contributed by atoms with E-state index in [1.807, 2.05) is 72.8 Å². The lowest BCUT2D eigenvalue weighted by Crippen LogP contribution is -3.00. The Hall–Kier alpha value is -2.14. The van der Waals surface area contributed by atoms with Crippen LogP contribution in [0.2, 0.25) is 0 Å². The molecule has 8 nitrogen and oxygen atoms in total. The summed E-state index contributed by atoms with van der Waals surface area (Å²) in [6.45, 7) is 4.70. The van der Waals surface area contributed by atoms with Crippen molar-refractivity contribution >= 4 is 28.3 Å². The number of carbonyl (C=O) groups excluding carboxylic acids is 2. The average molecular weight is 651 g/mol. The molecule has 11 N–H and O–H groups in total. The van der Waals surface area contributed by atoms with Crippen molar-refractivity contribution in [1.29, 1.82) is 0 Å². The number of anilines is 1. The zero-order chi connectivity index (χ0) is 26.7. The van der Waals surface area contributed by atoms with Crippen molar-refractivity contribution in [2.24, 2.45) is 0 Å². The minimum absolute atomic E-state index is 0. The van der Waals surface area contributed by atoms with Gasteiger partial charge < -0.3 is 81.9 Å². The second-order valence-corrected chi connectivity index (χ2v) is 10.1. The third-order valence-electron chi connectivity index (χ3n) is 6.95. The van der Waals surface area contributed by atoms with Crippen LogP contribution >= 0.6 is 0 Å². The van der Waals surface area contributed by atoms with Crippen LogP contribution in [0.1, 0.15) is 18.4 Å². The molecule has 0 aliphatic carbocycles. The number of carbonyl (C=O) groups is 2. The molecule has 0 saturated heterocycles. The summed E-state index contributed by atoms with van der Waals surface area (Å²) in [6.07, 6.45) is 1.95. The van der Waals surface area contributed by atoms with Gasteiger partial charge in [-0.15, -0.1) is 0 Å². The highest BCUT2D eigenvalue weighted by Crippen LogP contribution is 2.19. The lowest BCUT2D eigenvalue weighted by Gasteiger charge is -2.32. The third-order valence-corrected chi connectivity index (χ3v) is 6.95. The summed E-state index contributed by atoms with van der Waals surface area (Å²) >= 11 is 0. The molecule has 3 rings (SSSR count). The number of nitrogens with zero attached hydrogens (tertiary/aromatic N) is 1. The summed E-state index contributed by atoms with van der Waals surface area (Å²) < 4.78 is 0.909. The molecule has 0 radical (unpaired) electrons. The Bertz CT molecular complexity index is 1170. The molecule has 230 valence electrons. The molecule has 0 heterocycles. The second kappa shape index (κ2) is 20.7. The number of hydrogen-bond donors (Lipinski definition) is 5. The van der Waals surface area contributed by atoms with E-state index in [-0.39, 0.29) is 61.4 Å². The van der Waals surface area contributed by atoms with E-state index >= 15 is 0 Å². The van der Waals surface area contributed by atoms with Crippen LogP contribution in [0.3, 0.4) is 0 Å². The molecule has 0 unspecified atom stereocenters. The van der Waals surface area contributed by atoms with Crippen molar-refractivity contribution in [2.75, 3.05) is 45.1 Å². The maximum absolute atomic E-state index is 13.3. The van der Waals surface area contributed by atoms with Crippen molar-refractivity contribution < 1.29 is 80.9 Å². The highest BCUT2D eigenvalue weighted by atomic mass is 35.5. The smallest absolute Gasteiger partial charge is 0.278 e. The van der Waals surface area contributed by atoms with Gasteiger partial charge in [0.25, 0.3) is 5.91 Å². The van der Waals surface area contributed by atoms with E-state index in [0.29, 0.717) is 18.5 Å². The van der Waals surface area contributed by atoms with Crippen LogP contribution in [0.25, 0.3) is 10.8 Å². The molecular weight excluding hydrogens is 606 g/mol. The standard InChI is InChI=1S/C29H40N6O2.4ClH/c1-35(18-15-30,19-16-31)17-7-12-26(32)28(36)34-27(20-22-8-3-2-4-9-22)29(37)33-25-14-13-23-10-5-6-11-24(23)21-25;;;;/h2-6,8-11,13-14,21,26-27H,7,12,15-20,30-32H2,1H3,(H-,33,34,36,37);4*1H/t26-,27-;;;;/m0..../s1. The van der Waals surface area contributed by atoms with E-state index in [2.05, 4.69) is 34.9 Å². The largest absolute Gasteiger partial charge is 1.00 e. The minimum Gasteiger partial charge on any atom is -1.00 e. The first kappa shape index (κ1) is 41.0. The Morgan fingerprint density at radius 3 is 1.98 bits per heavy atom. The summed E-state index contributed by atoms with van der Waals surface area (Å²) in [5.74, 6) is -0.437. The van der Waals surface area contributed by atoms with Gasteiger partial charge in [0.15, 0.2) is 6.04 Å². The molecule has 12 heteroatoms. The van der Waals surface area contributed by atoms with E-state index in [1.165, 1.54) is 0 Å². The number of amides is 2. The number of fused-ring (bicyclic) bond motifs is 1. The highest BCUT2D eigenvalue weighted by Gasteiger charge is 2.27. The summed E-state index contributed by atoms with van der Waals surface area (Å²) in [4.78, 5) is 26.4. The SMILES string of the molecule is C[N+](CC[NH3+])(CC[NH3+])CCC[C@H]([NH3+])C(=O)N[C@@H](Cc1ccccc1)C(=O)Nc1ccc2ccccc2c1.[Cl-].[Cl-].[Cl-].[Cl-]. The molecule has 3 aromatic carbocycles. The Morgan fingerprint density at radius 1 is 0.780 bits per heavy atom. The molecule has 0 saturated carbocycles. The van der Waals surface area contributed by atoms with Gasteiger partial charge in [0, 0.05) is 24.9 Å². The summed E-state index contributed by atoms with van der Waals surface area (Å²) in [7, 11) is 2.22. The predicted octanol–water partition coefficient (Wildman–Crippen LogP) is -12.2. The number of quaternary nitrogens is 4. The Labute approximate surface area is 268 Å². The second-order valence-electron chi connectivity index (χ2n) is 10.1. The van der Waals surface area contributed by atoms with Crippen LogP contribution < -0.4 is 77.5 Å². The van der Waals surface area contributed by atoms with Crippen molar-refractivity contribution in [3.05, 3.63) is 78.4 Å². The number of benzene rings is 3.